The predicted octanol–water partition coefficient (Wildman–Crippen LogP) is 2.26. The number of rotatable bonds is 5. The van der Waals surface area contributed by atoms with Crippen LogP contribution in [0.4, 0.5) is 0 Å². The van der Waals surface area contributed by atoms with Crippen LogP contribution >= 0.6 is 24.0 Å². The Hall–Kier alpha value is -0.0800. The molecule has 1 saturated carbocycles. The maximum absolute atomic E-state index is 6.04. The van der Waals surface area contributed by atoms with E-state index in [4.69, 9.17) is 5.73 Å². The second kappa shape index (κ2) is 12.3. The van der Waals surface area contributed by atoms with Crippen molar-refractivity contribution in [2.75, 3.05) is 46.3 Å². The quantitative estimate of drug-likeness (QED) is 0.228. The van der Waals surface area contributed by atoms with Crippen molar-refractivity contribution >= 4 is 29.9 Å². The predicted molar refractivity (Wildman–Crippen MR) is 110 cm³/mol. The largest absolute Gasteiger partial charge is 0.370 e. The standard InChI is InChI=1S/C17H35N5.HI/c1-21-11-7-13-22(15-14-21)12-6-10-19-17(18)20-16-8-4-2-3-5-9-16;/h16H,2-15H2,1H3,(H3,18,19,20);1H. The molecule has 0 unspecified atom stereocenters. The van der Waals surface area contributed by atoms with Crippen molar-refractivity contribution in [2.45, 2.75) is 57.4 Å². The molecule has 0 radical (unpaired) electrons. The van der Waals surface area contributed by atoms with Crippen LogP contribution in [0.25, 0.3) is 0 Å². The summed E-state index contributed by atoms with van der Waals surface area (Å²) in [5, 5.41) is 3.42. The second-order valence-electron chi connectivity index (χ2n) is 6.95. The van der Waals surface area contributed by atoms with Gasteiger partial charge in [-0.3, -0.25) is 4.99 Å². The average Bonchev–Trinajstić information content (AvgIpc) is 2.87. The van der Waals surface area contributed by atoms with E-state index in [1.165, 1.54) is 71.1 Å². The highest BCUT2D eigenvalue weighted by atomic mass is 127. The summed E-state index contributed by atoms with van der Waals surface area (Å²) in [5.41, 5.74) is 6.04. The molecule has 1 saturated heterocycles. The van der Waals surface area contributed by atoms with Gasteiger partial charge in [0.1, 0.15) is 0 Å². The van der Waals surface area contributed by atoms with E-state index >= 15 is 0 Å². The van der Waals surface area contributed by atoms with E-state index in [2.05, 4.69) is 27.2 Å². The van der Waals surface area contributed by atoms with Crippen molar-refractivity contribution in [1.82, 2.24) is 15.1 Å². The molecule has 2 rings (SSSR count). The molecular formula is C17H36IN5. The van der Waals surface area contributed by atoms with Crippen LogP contribution in [0.5, 0.6) is 0 Å². The normalized spacial score (nSPS) is 22.9. The number of hydrogen-bond acceptors (Lipinski definition) is 3. The van der Waals surface area contributed by atoms with E-state index in [1.807, 2.05) is 0 Å². The molecular weight excluding hydrogens is 401 g/mol. The summed E-state index contributed by atoms with van der Waals surface area (Å²) in [5.74, 6) is 0.655. The molecule has 1 aliphatic carbocycles. The smallest absolute Gasteiger partial charge is 0.188 e. The van der Waals surface area contributed by atoms with Crippen molar-refractivity contribution in [3.05, 3.63) is 0 Å². The van der Waals surface area contributed by atoms with E-state index < -0.39 is 0 Å². The minimum atomic E-state index is 0. The summed E-state index contributed by atoms with van der Waals surface area (Å²) in [4.78, 5) is 9.50. The first kappa shape index (κ1) is 21.0. The summed E-state index contributed by atoms with van der Waals surface area (Å²) in [6.07, 6.45) is 10.3. The summed E-state index contributed by atoms with van der Waals surface area (Å²) < 4.78 is 0. The number of halogens is 1. The van der Waals surface area contributed by atoms with Crippen LogP contribution in [0.3, 0.4) is 0 Å². The second-order valence-corrected chi connectivity index (χ2v) is 6.95. The van der Waals surface area contributed by atoms with Crippen LogP contribution in [-0.4, -0.2) is 68.1 Å². The fourth-order valence-corrected chi connectivity index (χ4v) is 3.50. The Morgan fingerprint density at radius 3 is 2.52 bits per heavy atom. The number of nitrogens with two attached hydrogens (primary N) is 1. The average molecular weight is 437 g/mol. The third-order valence-corrected chi connectivity index (χ3v) is 4.93. The zero-order chi connectivity index (χ0) is 15.6. The molecule has 5 nitrogen and oxygen atoms in total. The van der Waals surface area contributed by atoms with Gasteiger partial charge in [-0.25, -0.2) is 0 Å². The van der Waals surface area contributed by atoms with Gasteiger partial charge in [-0.05, 0) is 52.4 Å². The molecule has 0 aromatic carbocycles. The highest BCUT2D eigenvalue weighted by Gasteiger charge is 2.13. The van der Waals surface area contributed by atoms with Gasteiger partial charge in [0, 0.05) is 25.7 Å². The molecule has 23 heavy (non-hydrogen) atoms. The summed E-state index contributed by atoms with van der Waals surface area (Å²) in [6.45, 7) is 6.83. The lowest BCUT2D eigenvalue weighted by molar-refractivity contribution is 0.275. The highest BCUT2D eigenvalue weighted by molar-refractivity contribution is 14.0. The monoisotopic (exact) mass is 437 g/mol. The molecule has 136 valence electrons. The fraction of sp³-hybridized carbons (Fsp3) is 0.941. The molecule has 6 heteroatoms. The number of nitrogens with one attached hydrogen (secondary N) is 1. The number of hydrogen-bond donors (Lipinski definition) is 2. The topological polar surface area (TPSA) is 56.9 Å². The first-order valence-corrected chi connectivity index (χ1v) is 9.21. The lowest BCUT2D eigenvalue weighted by atomic mass is 10.1. The van der Waals surface area contributed by atoms with Gasteiger partial charge in [0.15, 0.2) is 5.96 Å². The summed E-state index contributed by atoms with van der Waals surface area (Å²) in [6, 6.07) is 0.549. The minimum absolute atomic E-state index is 0. The number of aliphatic imine (C=N–C) groups is 1. The van der Waals surface area contributed by atoms with Crippen LogP contribution in [0, 0.1) is 0 Å². The van der Waals surface area contributed by atoms with Gasteiger partial charge in [0.25, 0.3) is 0 Å². The Morgan fingerprint density at radius 1 is 1.04 bits per heavy atom. The van der Waals surface area contributed by atoms with Gasteiger partial charge >= 0.3 is 0 Å². The Bertz CT molecular complexity index is 329. The number of nitrogens with zero attached hydrogens (tertiary/aromatic N) is 3. The molecule has 2 fully saturated rings. The Kier molecular flexibility index (Phi) is 11.2. The molecule has 2 aliphatic rings. The molecule has 0 amide bonds. The lowest BCUT2D eigenvalue weighted by Crippen LogP contribution is -2.40. The van der Waals surface area contributed by atoms with Crippen LogP contribution in [-0.2, 0) is 0 Å². The van der Waals surface area contributed by atoms with Crippen LogP contribution in [0.2, 0.25) is 0 Å². The van der Waals surface area contributed by atoms with Gasteiger partial charge in [0.05, 0.1) is 0 Å². The molecule has 0 atom stereocenters. The van der Waals surface area contributed by atoms with Gasteiger partial charge in [-0.15, -0.1) is 24.0 Å². The summed E-state index contributed by atoms with van der Waals surface area (Å²) in [7, 11) is 2.22. The van der Waals surface area contributed by atoms with E-state index in [9.17, 15) is 0 Å². The maximum atomic E-state index is 6.04. The maximum Gasteiger partial charge on any atom is 0.188 e. The van der Waals surface area contributed by atoms with Gasteiger partial charge < -0.3 is 20.9 Å². The summed E-state index contributed by atoms with van der Waals surface area (Å²) >= 11 is 0. The zero-order valence-corrected chi connectivity index (χ0v) is 17.1. The first-order valence-electron chi connectivity index (χ1n) is 9.21. The molecule has 0 bridgehead atoms. The van der Waals surface area contributed by atoms with Crippen molar-refractivity contribution in [3.63, 3.8) is 0 Å². The van der Waals surface area contributed by atoms with E-state index in [1.54, 1.807) is 0 Å². The first-order chi connectivity index (χ1) is 10.7. The van der Waals surface area contributed by atoms with Crippen LogP contribution < -0.4 is 11.1 Å². The van der Waals surface area contributed by atoms with Crippen molar-refractivity contribution < 1.29 is 0 Å². The van der Waals surface area contributed by atoms with Gasteiger partial charge in [-0.1, -0.05) is 25.7 Å². The Labute approximate surface area is 159 Å². The number of likely N-dealkylation sites (N-methyl/N-ethyl adjacent to an activating group) is 1. The highest BCUT2D eigenvalue weighted by Crippen LogP contribution is 2.16. The Balaban J connectivity index is 0.00000264. The molecule has 0 spiro atoms. The minimum Gasteiger partial charge on any atom is -0.370 e. The van der Waals surface area contributed by atoms with Crippen molar-refractivity contribution in [1.29, 1.82) is 0 Å². The van der Waals surface area contributed by atoms with Gasteiger partial charge in [-0.2, -0.15) is 0 Å². The Morgan fingerprint density at radius 2 is 1.78 bits per heavy atom. The molecule has 1 aliphatic heterocycles. The van der Waals surface area contributed by atoms with Crippen LogP contribution in [0.1, 0.15) is 51.4 Å². The van der Waals surface area contributed by atoms with E-state index in [0.717, 1.165) is 19.5 Å². The van der Waals surface area contributed by atoms with Crippen molar-refractivity contribution in [3.8, 4) is 0 Å². The molecule has 3 N–H and O–H groups in total. The molecule has 0 aromatic heterocycles. The van der Waals surface area contributed by atoms with Gasteiger partial charge in [0.2, 0.25) is 0 Å². The molecule has 0 aromatic rings. The third kappa shape index (κ3) is 9.10. The third-order valence-electron chi connectivity index (χ3n) is 4.93. The SMILES string of the molecule is CN1CCCN(CCCN=C(N)NC2CCCCCC2)CC1.I. The fourth-order valence-electron chi connectivity index (χ4n) is 3.50. The number of guanidine groups is 1. The van der Waals surface area contributed by atoms with E-state index in [0.29, 0.717) is 12.0 Å². The molecule has 1 heterocycles. The van der Waals surface area contributed by atoms with E-state index in [-0.39, 0.29) is 24.0 Å². The van der Waals surface area contributed by atoms with Crippen LogP contribution in [0.15, 0.2) is 4.99 Å². The zero-order valence-electron chi connectivity index (χ0n) is 14.8. The lowest BCUT2D eigenvalue weighted by Gasteiger charge is -2.19. The van der Waals surface area contributed by atoms with Crippen molar-refractivity contribution in [2.24, 2.45) is 10.7 Å².